The van der Waals surface area contributed by atoms with Crippen LogP contribution in [0.2, 0.25) is 0 Å². The van der Waals surface area contributed by atoms with Crippen molar-refractivity contribution in [2.45, 2.75) is 262 Å². The first-order chi connectivity index (χ1) is 32.8. The minimum Gasteiger partial charge on any atom is -0.394 e. The number of nitrogens with one attached hydrogen (secondary N) is 1. The van der Waals surface area contributed by atoms with Gasteiger partial charge in [-0.2, -0.15) is 0 Å². The van der Waals surface area contributed by atoms with Crippen molar-refractivity contribution in [3.63, 3.8) is 0 Å². The second-order valence-corrected chi connectivity index (χ2v) is 18.6. The quantitative estimate of drug-likeness (QED) is 0.0261. The molecule has 0 aromatic heterocycles. The third-order valence-electron chi connectivity index (χ3n) is 12.5. The Bertz CT molecular complexity index is 1320. The number of ether oxygens (including phenoxy) is 2. The molecule has 7 unspecified atom stereocenters. The lowest BCUT2D eigenvalue weighted by Crippen LogP contribution is -2.60. The van der Waals surface area contributed by atoms with E-state index in [1.807, 2.05) is 19.1 Å². The van der Waals surface area contributed by atoms with E-state index >= 15 is 0 Å². The van der Waals surface area contributed by atoms with Crippen molar-refractivity contribution in [3.05, 3.63) is 85.1 Å². The van der Waals surface area contributed by atoms with Gasteiger partial charge in [-0.3, -0.25) is 4.79 Å². The second kappa shape index (κ2) is 47.1. The van der Waals surface area contributed by atoms with Gasteiger partial charge in [0.25, 0.3) is 0 Å². The molecule has 0 spiro atoms. The molecule has 1 aliphatic heterocycles. The van der Waals surface area contributed by atoms with Crippen LogP contribution in [-0.2, 0) is 14.3 Å². The molecule has 7 atom stereocenters. The Morgan fingerprint density at radius 3 is 1.43 bits per heavy atom. The van der Waals surface area contributed by atoms with Crippen molar-refractivity contribution < 1.29 is 39.8 Å². The molecule has 386 valence electrons. The lowest BCUT2D eigenvalue weighted by Gasteiger charge is -2.40. The Morgan fingerprint density at radius 2 is 0.955 bits per heavy atom. The summed E-state index contributed by atoms with van der Waals surface area (Å²) in [6.45, 7) is 3.40. The van der Waals surface area contributed by atoms with Crippen molar-refractivity contribution in [1.82, 2.24) is 5.32 Å². The van der Waals surface area contributed by atoms with Crippen LogP contribution in [0.3, 0.4) is 0 Å². The van der Waals surface area contributed by atoms with Gasteiger partial charge in [-0.25, -0.2) is 0 Å². The molecule has 0 bridgehead atoms. The summed E-state index contributed by atoms with van der Waals surface area (Å²) >= 11 is 0. The van der Waals surface area contributed by atoms with Crippen LogP contribution < -0.4 is 5.32 Å². The van der Waals surface area contributed by atoms with E-state index in [0.717, 1.165) is 70.6 Å². The van der Waals surface area contributed by atoms with E-state index in [0.29, 0.717) is 6.42 Å². The highest BCUT2D eigenvalue weighted by Gasteiger charge is 2.44. The first-order valence-electron chi connectivity index (χ1n) is 27.3. The number of carbonyl (C=O) groups is 1. The van der Waals surface area contributed by atoms with Crippen LogP contribution in [0.1, 0.15) is 219 Å². The van der Waals surface area contributed by atoms with Crippen LogP contribution in [0, 0.1) is 0 Å². The highest BCUT2D eigenvalue weighted by molar-refractivity contribution is 5.76. The topological polar surface area (TPSA) is 149 Å². The molecule has 1 aliphatic rings. The van der Waals surface area contributed by atoms with Gasteiger partial charge >= 0.3 is 0 Å². The van der Waals surface area contributed by atoms with Gasteiger partial charge in [-0.05, 0) is 77.6 Å². The number of aliphatic hydroxyl groups excluding tert-OH is 5. The first-order valence-corrected chi connectivity index (χ1v) is 27.3. The van der Waals surface area contributed by atoms with Crippen molar-refractivity contribution in [1.29, 1.82) is 0 Å². The van der Waals surface area contributed by atoms with Crippen LogP contribution in [0.4, 0.5) is 0 Å². The summed E-state index contributed by atoms with van der Waals surface area (Å²) < 4.78 is 11.2. The van der Waals surface area contributed by atoms with E-state index in [9.17, 15) is 30.3 Å². The van der Waals surface area contributed by atoms with Gasteiger partial charge in [-0.1, -0.05) is 220 Å². The second-order valence-electron chi connectivity index (χ2n) is 18.6. The number of aliphatic hydroxyl groups is 5. The van der Waals surface area contributed by atoms with Gasteiger partial charge in [0.1, 0.15) is 24.4 Å². The van der Waals surface area contributed by atoms with E-state index in [2.05, 4.69) is 79.1 Å². The molecule has 1 rings (SSSR count). The number of unbranched alkanes of at least 4 members (excludes halogenated alkanes) is 24. The molecule has 0 saturated carbocycles. The summed E-state index contributed by atoms with van der Waals surface area (Å²) in [5.74, 6) is -0.194. The molecule has 0 aromatic rings. The Kier molecular flexibility index (Phi) is 43.8. The van der Waals surface area contributed by atoms with Gasteiger partial charge < -0.3 is 40.3 Å². The largest absolute Gasteiger partial charge is 0.394 e. The standard InChI is InChI=1S/C58H101NO8/c1-3-5-7-9-11-13-14-15-16-17-18-19-20-21-22-23-24-25-26-27-28-29-30-31-32-33-34-35-36-37-38-40-42-44-46-48-54(62)59-51(52(61)47-45-43-41-39-12-10-8-6-4-2)50-66-58-57(65)56(64)55(63)53(49-60)67-58/h4-7,11-13,15-16,18-19,39,45,47,51-53,55-58,60-61,63-65H,3,8-10,14,17,20-38,40-44,46,48-50H2,1-2H3,(H,59,62)/b6-4+,7-5-,13-11-,16-15-,19-18-,39-12+,47-45+. The zero-order chi connectivity index (χ0) is 48.7. The van der Waals surface area contributed by atoms with Crippen LogP contribution in [0.15, 0.2) is 85.1 Å². The third-order valence-corrected chi connectivity index (χ3v) is 12.5. The number of hydrogen-bond acceptors (Lipinski definition) is 8. The summed E-state index contributed by atoms with van der Waals surface area (Å²) in [5.41, 5.74) is 0. The van der Waals surface area contributed by atoms with Crippen LogP contribution in [0.5, 0.6) is 0 Å². The maximum atomic E-state index is 13.0. The minimum absolute atomic E-state index is 0.194. The lowest BCUT2D eigenvalue weighted by atomic mass is 9.99. The maximum absolute atomic E-state index is 13.0. The first kappa shape index (κ1) is 62.4. The smallest absolute Gasteiger partial charge is 0.220 e. The average Bonchev–Trinajstić information content (AvgIpc) is 3.33. The Morgan fingerprint density at radius 1 is 0.537 bits per heavy atom. The monoisotopic (exact) mass is 940 g/mol. The summed E-state index contributed by atoms with van der Waals surface area (Å²) in [7, 11) is 0. The summed E-state index contributed by atoms with van der Waals surface area (Å²) in [6.07, 6.45) is 59.9. The zero-order valence-corrected chi connectivity index (χ0v) is 42.6. The fourth-order valence-electron chi connectivity index (χ4n) is 8.25. The normalized spacial score (nSPS) is 20.4. The number of carbonyl (C=O) groups excluding carboxylic acids is 1. The predicted molar refractivity (Wildman–Crippen MR) is 281 cm³/mol. The maximum Gasteiger partial charge on any atom is 0.220 e. The molecular weight excluding hydrogens is 839 g/mol. The Balaban J connectivity index is 2.06. The molecule has 1 fully saturated rings. The molecule has 67 heavy (non-hydrogen) atoms. The van der Waals surface area contributed by atoms with Crippen molar-refractivity contribution in [3.8, 4) is 0 Å². The third kappa shape index (κ3) is 36.9. The SMILES string of the molecule is C/C=C/CC/C=C/CC/C=C/C(O)C(COC1OC(CO)C(O)C(O)C1O)NC(=O)CCCCCCCCCCCCCCCCCCCCCCCC/C=C\C/C=C\C/C=C\C/C=C\CC. The van der Waals surface area contributed by atoms with Gasteiger partial charge in [0, 0.05) is 6.42 Å². The zero-order valence-electron chi connectivity index (χ0n) is 42.6. The van der Waals surface area contributed by atoms with E-state index in [-0.39, 0.29) is 12.5 Å². The molecule has 6 N–H and O–H groups in total. The van der Waals surface area contributed by atoms with Gasteiger partial charge in [0.15, 0.2) is 6.29 Å². The van der Waals surface area contributed by atoms with Gasteiger partial charge in [-0.15, -0.1) is 0 Å². The number of hydrogen-bond donors (Lipinski definition) is 6. The molecule has 9 heteroatoms. The average molecular weight is 940 g/mol. The fraction of sp³-hybridized carbons (Fsp3) is 0.741. The van der Waals surface area contributed by atoms with Crippen molar-refractivity contribution >= 4 is 5.91 Å². The molecule has 9 nitrogen and oxygen atoms in total. The predicted octanol–water partition coefficient (Wildman–Crippen LogP) is 13.1. The van der Waals surface area contributed by atoms with E-state index in [1.54, 1.807) is 6.08 Å². The van der Waals surface area contributed by atoms with E-state index in [1.165, 1.54) is 128 Å². The summed E-state index contributed by atoms with van der Waals surface area (Å²) in [6, 6.07) is -0.827. The Hall–Kier alpha value is -2.63. The van der Waals surface area contributed by atoms with Gasteiger partial charge in [0.2, 0.25) is 5.91 Å². The van der Waals surface area contributed by atoms with Crippen LogP contribution >= 0.6 is 0 Å². The number of amides is 1. The van der Waals surface area contributed by atoms with Crippen LogP contribution in [0.25, 0.3) is 0 Å². The summed E-state index contributed by atoms with van der Waals surface area (Å²) in [5, 5.41) is 54.1. The molecule has 0 aliphatic carbocycles. The molecule has 1 heterocycles. The molecule has 1 saturated heterocycles. The van der Waals surface area contributed by atoms with Crippen LogP contribution in [-0.4, -0.2) is 87.5 Å². The molecular formula is C58H101NO8. The molecule has 0 aromatic carbocycles. The molecule has 1 amide bonds. The summed E-state index contributed by atoms with van der Waals surface area (Å²) in [4.78, 5) is 13.0. The lowest BCUT2D eigenvalue weighted by molar-refractivity contribution is -0.302. The van der Waals surface area contributed by atoms with Crippen molar-refractivity contribution in [2.24, 2.45) is 0 Å². The Labute approximate surface area is 410 Å². The van der Waals surface area contributed by atoms with E-state index < -0.39 is 49.5 Å². The fourth-order valence-corrected chi connectivity index (χ4v) is 8.25. The number of allylic oxidation sites excluding steroid dienone is 13. The highest BCUT2D eigenvalue weighted by Crippen LogP contribution is 2.23. The molecule has 0 radical (unpaired) electrons. The van der Waals surface area contributed by atoms with Crippen molar-refractivity contribution in [2.75, 3.05) is 13.2 Å². The van der Waals surface area contributed by atoms with Gasteiger partial charge in [0.05, 0.1) is 25.4 Å². The highest BCUT2D eigenvalue weighted by atomic mass is 16.7. The minimum atomic E-state index is -1.57. The van der Waals surface area contributed by atoms with E-state index in [4.69, 9.17) is 9.47 Å². The number of rotatable bonds is 45.